The van der Waals surface area contributed by atoms with Gasteiger partial charge in [-0.15, -0.1) is 11.3 Å². The van der Waals surface area contributed by atoms with Crippen molar-refractivity contribution >= 4 is 66.9 Å². The molecule has 0 unspecified atom stereocenters. The van der Waals surface area contributed by atoms with Crippen molar-refractivity contribution in [2.24, 2.45) is 5.10 Å². The van der Waals surface area contributed by atoms with Crippen molar-refractivity contribution in [1.82, 2.24) is 5.43 Å². The predicted octanol–water partition coefficient (Wildman–Crippen LogP) is 4.40. The van der Waals surface area contributed by atoms with Crippen LogP contribution >= 0.6 is 54.8 Å². The van der Waals surface area contributed by atoms with Gasteiger partial charge in [-0.05, 0) is 40.2 Å². The maximum atomic E-state index is 11.7. The summed E-state index contributed by atoms with van der Waals surface area (Å²) in [6.07, 6.45) is 1.36. The first-order valence-electron chi connectivity index (χ1n) is 5.24. The van der Waals surface area contributed by atoms with Gasteiger partial charge in [-0.25, -0.2) is 5.43 Å². The highest BCUT2D eigenvalue weighted by atomic mass is 79.9. The average Bonchev–Trinajstić information content (AvgIpc) is 2.81. The van der Waals surface area contributed by atoms with Gasteiger partial charge in [-0.2, -0.15) is 5.10 Å². The number of phenols is 1. The third-order valence-electron chi connectivity index (χ3n) is 2.22. The summed E-state index contributed by atoms with van der Waals surface area (Å²) in [5.74, 6) is -0.308. The molecule has 0 atom stereocenters. The molecular formula is C12H7Br2ClN2O2S. The van der Waals surface area contributed by atoms with Crippen LogP contribution in [0, 0.1) is 0 Å². The summed E-state index contributed by atoms with van der Waals surface area (Å²) in [4.78, 5) is 12.2. The molecular weight excluding hydrogens is 431 g/mol. The third-order valence-corrected chi connectivity index (χ3v) is 4.52. The van der Waals surface area contributed by atoms with E-state index in [9.17, 15) is 9.90 Å². The molecule has 0 saturated heterocycles. The highest BCUT2D eigenvalue weighted by Crippen LogP contribution is 2.30. The monoisotopic (exact) mass is 436 g/mol. The number of thiophene rings is 1. The zero-order valence-corrected chi connectivity index (χ0v) is 14.5. The summed E-state index contributed by atoms with van der Waals surface area (Å²) >= 11 is 13.4. The van der Waals surface area contributed by atoms with E-state index in [1.54, 1.807) is 24.3 Å². The van der Waals surface area contributed by atoms with Crippen molar-refractivity contribution in [3.63, 3.8) is 0 Å². The van der Waals surface area contributed by atoms with Crippen LogP contribution < -0.4 is 5.43 Å². The van der Waals surface area contributed by atoms with Gasteiger partial charge in [-0.3, -0.25) is 4.79 Å². The van der Waals surface area contributed by atoms with Crippen molar-refractivity contribution in [3.05, 3.63) is 48.0 Å². The Morgan fingerprint density at radius 1 is 1.40 bits per heavy atom. The zero-order valence-electron chi connectivity index (χ0n) is 9.73. The van der Waals surface area contributed by atoms with Crippen LogP contribution in [-0.2, 0) is 0 Å². The van der Waals surface area contributed by atoms with Crippen LogP contribution in [0.5, 0.6) is 5.75 Å². The van der Waals surface area contributed by atoms with Crippen LogP contribution in [0.4, 0.5) is 0 Å². The molecule has 2 aromatic rings. The molecule has 0 aliphatic rings. The van der Waals surface area contributed by atoms with Gasteiger partial charge in [0.25, 0.3) is 5.91 Å². The Hall–Kier alpha value is -0.890. The van der Waals surface area contributed by atoms with Crippen LogP contribution in [0.15, 0.2) is 38.3 Å². The number of carbonyl (C=O) groups excluding carboxylic acids is 1. The number of benzene rings is 1. The van der Waals surface area contributed by atoms with E-state index in [0.717, 1.165) is 4.47 Å². The molecule has 2 rings (SSSR count). The smallest absolute Gasteiger partial charge is 0.281 e. The number of hydrazone groups is 1. The maximum absolute atomic E-state index is 11.7. The van der Waals surface area contributed by atoms with Crippen molar-refractivity contribution in [3.8, 4) is 5.75 Å². The lowest BCUT2D eigenvalue weighted by Crippen LogP contribution is -2.16. The molecule has 1 aromatic carbocycles. The van der Waals surface area contributed by atoms with E-state index in [-0.39, 0.29) is 11.7 Å². The van der Waals surface area contributed by atoms with Crippen LogP contribution in [0.3, 0.4) is 0 Å². The Bertz CT molecular complexity index is 688. The fourth-order valence-electron chi connectivity index (χ4n) is 1.34. The molecule has 1 amide bonds. The van der Waals surface area contributed by atoms with E-state index in [4.69, 9.17) is 11.6 Å². The van der Waals surface area contributed by atoms with Gasteiger partial charge in [0.2, 0.25) is 0 Å². The largest absolute Gasteiger partial charge is 0.506 e. The Labute approximate surface area is 140 Å². The standard InChI is InChI=1S/C12H7Br2ClN2O2S/c13-7-3-6(11(18)8(14)4-7)5-16-17-12(19)9-1-2-10(15)20-9/h1-5,18H,(H,17,19). The first kappa shape index (κ1) is 15.5. The Morgan fingerprint density at radius 2 is 2.15 bits per heavy atom. The van der Waals surface area contributed by atoms with Gasteiger partial charge < -0.3 is 5.11 Å². The van der Waals surface area contributed by atoms with Crippen molar-refractivity contribution in [2.75, 3.05) is 0 Å². The normalized spacial score (nSPS) is 10.9. The summed E-state index contributed by atoms with van der Waals surface area (Å²) in [6.45, 7) is 0. The Morgan fingerprint density at radius 3 is 2.80 bits per heavy atom. The van der Waals surface area contributed by atoms with E-state index in [1.165, 1.54) is 17.6 Å². The quantitative estimate of drug-likeness (QED) is 0.551. The average molecular weight is 439 g/mol. The number of hydrogen-bond donors (Lipinski definition) is 2. The number of rotatable bonds is 3. The minimum absolute atomic E-state index is 0.0466. The minimum atomic E-state index is -0.355. The molecule has 2 N–H and O–H groups in total. The minimum Gasteiger partial charge on any atom is -0.506 e. The Balaban J connectivity index is 2.09. The molecule has 8 heteroatoms. The second-order valence-electron chi connectivity index (χ2n) is 3.63. The molecule has 104 valence electrons. The van der Waals surface area contributed by atoms with Crippen molar-refractivity contribution in [1.29, 1.82) is 0 Å². The molecule has 0 fully saturated rings. The molecule has 0 aliphatic heterocycles. The molecule has 1 heterocycles. The lowest BCUT2D eigenvalue weighted by atomic mass is 10.2. The van der Waals surface area contributed by atoms with E-state index >= 15 is 0 Å². The third kappa shape index (κ3) is 3.82. The predicted molar refractivity (Wildman–Crippen MR) is 87.9 cm³/mol. The van der Waals surface area contributed by atoms with Crippen LogP contribution in [0.2, 0.25) is 4.34 Å². The number of amides is 1. The van der Waals surface area contributed by atoms with Gasteiger partial charge in [0.05, 0.1) is 19.9 Å². The van der Waals surface area contributed by atoms with Gasteiger partial charge in [0.15, 0.2) is 0 Å². The summed E-state index contributed by atoms with van der Waals surface area (Å²) in [5.41, 5.74) is 2.84. The highest BCUT2D eigenvalue weighted by molar-refractivity contribution is 9.11. The number of nitrogens with zero attached hydrogens (tertiary/aromatic N) is 1. The van der Waals surface area contributed by atoms with Gasteiger partial charge in [0.1, 0.15) is 5.75 Å². The number of nitrogens with one attached hydrogen (secondary N) is 1. The van der Waals surface area contributed by atoms with Gasteiger partial charge in [0, 0.05) is 10.0 Å². The van der Waals surface area contributed by atoms with Gasteiger partial charge >= 0.3 is 0 Å². The number of halogens is 3. The first-order valence-corrected chi connectivity index (χ1v) is 8.02. The molecule has 0 bridgehead atoms. The van der Waals surface area contributed by atoms with E-state index < -0.39 is 0 Å². The zero-order chi connectivity index (χ0) is 14.7. The van der Waals surface area contributed by atoms with E-state index in [1.807, 2.05) is 0 Å². The summed E-state index contributed by atoms with van der Waals surface area (Å²) in [6, 6.07) is 6.64. The van der Waals surface area contributed by atoms with Crippen LogP contribution in [0.1, 0.15) is 15.2 Å². The second-order valence-corrected chi connectivity index (χ2v) is 7.11. The maximum Gasteiger partial charge on any atom is 0.281 e. The van der Waals surface area contributed by atoms with Crippen molar-refractivity contribution in [2.45, 2.75) is 0 Å². The molecule has 4 nitrogen and oxygen atoms in total. The molecule has 1 aromatic heterocycles. The van der Waals surface area contributed by atoms with E-state index in [0.29, 0.717) is 19.2 Å². The fraction of sp³-hybridized carbons (Fsp3) is 0. The molecule has 0 saturated carbocycles. The second kappa shape index (κ2) is 6.71. The van der Waals surface area contributed by atoms with E-state index in [2.05, 4.69) is 42.4 Å². The lowest BCUT2D eigenvalue weighted by Gasteiger charge is -2.02. The lowest BCUT2D eigenvalue weighted by molar-refractivity contribution is 0.0959. The van der Waals surface area contributed by atoms with Crippen LogP contribution in [0.25, 0.3) is 0 Å². The number of aromatic hydroxyl groups is 1. The number of phenolic OH excluding ortho intramolecular Hbond substituents is 1. The van der Waals surface area contributed by atoms with Gasteiger partial charge in [-0.1, -0.05) is 27.5 Å². The Kier molecular flexibility index (Phi) is 5.20. The number of carbonyl (C=O) groups is 1. The molecule has 0 spiro atoms. The van der Waals surface area contributed by atoms with Crippen LogP contribution in [-0.4, -0.2) is 17.2 Å². The molecule has 0 aliphatic carbocycles. The SMILES string of the molecule is O=C(NN=Cc1cc(Br)cc(Br)c1O)c1ccc(Cl)s1. The first-order chi connectivity index (χ1) is 9.47. The molecule has 0 radical (unpaired) electrons. The topological polar surface area (TPSA) is 61.7 Å². The number of hydrogen-bond acceptors (Lipinski definition) is 4. The summed E-state index contributed by atoms with van der Waals surface area (Å²) in [5, 5.41) is 13.6. The molecule has 20 heavy (non-hydrogen) atoms. The highest BCUT2D eigenvalue weighted by Gasteiger charge is 2.08. The fourth-order valence-corrected chi connectivity index (χ4v) is 3.53. The van der Waals surface area contributed by atoms with Crippen molar-refractivity contribution < 1.29 is 9.90 Å². The summed E-state index contributed by atoms with van der Waals surface area (Å²) < 4.78 is 1.84. The summed E-state index contributed by atoms with van der Waals surface area (Å²) in [7, 11) is 0.